The SMILES string of the molecule is CCOc1ccc(C=C2SC(=Nc3cccnc3)NC2=O)cc1OC. The number of amidine groups is 1. The van der Waals surface area contributed by atoms with Gasteiger partial charge in [-0.1, -0.05) is 6.07 Å². The Morgan fingerprint density at radius 2 is 2.20 bits per heavy atom. The zero-order valence-corrected chi connectivity index (χ0v) is 14.7. The Hall–Kier alpha value is -2.80. The van der Waals surface area contributed by atoms with Gasteiger partial charge in [0.2, 0.25) is 0 Å². The number of benzene rings is 1. The summed E-state index contributed by atoms with van der Waals surface area (Å²) in [6.45, 7) is 2.47. The van der Waals surface area contributed by atoms with E-state index in [1.807, 2.05) is 31.2 Å². The lowest BCUT2D eigenvalue weighted by molar-refractivity contribution is -0.115. The van der Waals surface area contributed by atoms with Crippen molar-refractivity contribution in [3.8, 4) is 11.5 Å². The number of methoxy groups -OCH3 is 1. The average molecular weight is 355 g/mol. The van der Waals surface area contributed by atoms with E-state index in [-0.39, 0.29) is 5.91 Å². The molecule has 1 N–H and O–H groups in total. The van der Waals surface area contributed by atoms with E-state index in [0.29, 0.717) is 33.9 Å². The molecule has 1 aromatic carbocycles. The van der Waals surface area contributed by atoms with Crippen molar-refractivity contribution in [3.63, 3.8) is 0 Å². The Morgan fingerprint density at radius 3 is 2.92 bits per heavy atom. The molecule has 3 rings (SSSR count). The van der Waals surface area contributed by atoms with Gasteiger partial charge in [0.1, 0.15) is 0 Å². The third kappa shape index (κ3) is 4.19. The molecule has 0 radical (unpaired) electrons. The molecule has 0 atom stereocenters. The highest BCUT2D eigenvalue weighted by Crippen LogP contribution is 2.32. The number of aliphatic imine (C=N–C) groups is 1. The number of pyridine rings is 1. The number of ether oxygens (including phenoxy) is 2. The second-order valence-electron chi connectivity index (χ2n) is 5.04. The molecule has 0 spiro atoms. The summed E-state index contributed by atoms with van der Waals surface area (Å²) in [6, 6.07) is 9.17. The summed E-state index contributed by atoms with van der Waals surface area (Å²) in [5, 5.41) is 3.28. The van der Waals surface area contributed by atoms with E-state index in [9.17, 15) is 4.79 Å². The van der Waals surface area contributed by atoms with E-state index in [0.717, 1.165) is 5.56 Å². The van der Waals surface area contributed by atoms with Crippen molar-refractivity contribution >= 4 is 34.6 Å². The van der Waals surface area contributed by atoms with Crippen LogP contribution in [0.5, 0.6) is 11.5 Å². The standard InChI is InChI=1S/C18H17N3O3S/c1-3-24-14-7-6-12(9-15(14)23-2)10-16-17(22)21-18(25-16)20-13-5-4-8-19-11-13/h4-11H,3H2,1-2H3,(H,20,21,22). The van der Waals surface area contributed by atoms with Gasteiger partial charge in [0.15, 0.2) is 16.7 Å². The first kappa shape index (κ1) is 17.0. The number of amides is 1. The summed E-state index contributed by atoms with van der Waals surface area (Å²) in [4.78, 5) is 21.1. The van der Waals surface area contributed by atoms with Gasteiger partial charge < -0.3 is 14.8 Å². The Kier molecular flexibility index (Phi) is 5.35. The van der Waals surface area contributed by atoms with Gasteiger partial charge in [-0.05, 0) is 54.6 Å². The third-order valence-corrected chi connectivity index (χ3v) is 4.22. The molecule has 0 bridgehead atoms. The van der Waals surface area contributed by atoms with E-state index in [4.69, 9.17) is 9.47 Å². The lowest BCUT2D eigenvalue weighted by Gasteiger charge is -2.09. The maximum Gasteiger partial charge on any atom is 0.264 e. The lowest BCUT2D eigenvalue weighted by Crippen LogP contribution is -2.19. The molecule has 1 aromatic heterocycles. The Balaban J connectivity index is 1.82. The summed E-state index contributed by atoms with van der Waals surface area (Å²) in [6.07, 6.45) is 5.11. The fourth-order valence-electron chi connectivity index (χ4n) is 2.22. The first-order chi connectivity index (χ1) is 12.2. The first-order valence-corrected chi connectivity index (χ1v) is 8.51. The third-order valence-electron chi connectivity index (χ3n) is 3.31. The van der Waals surface area contributed by atoms with Crippen molar-refractivity contribution in [1.82, 2.24) is 10.3 Å². The van der Waals surface area contributed by atoms with Crippen LogP contribution >= 0.6 is 11.8 Å². The number of hydrogen-bond acceptors (Lipinski definition) is 6. The van der Waals surface area contributed by atoms with Gasteiger partial charge in [-0.15, -0.1) is 0 Å². The monoisotopic (exact) mass is 355 g/mol. The van der Waals surface area contributed by atoms with E-state index in [1.54, 1.807) is 31.6 Å². The number of thioether (sulfide) groups is 1. The molecule has 0 saturated carbocycles. The van der Waals surface area contributed by atoms with Gasteiger partial charge in [-0.3, -0.25) is 9.78 Å². The van der Waals surface area contributed by atoms with E-state index >= 15 is 0 Å². The Morgan fingerprint density at radius 1 is 1.32 bits per heavy atom. The molecule has 1 aliphatic heterocycles. The largest absolute Gasteiger partial charge is 0.493 e. The van der Waals surface area contributed by atoms with Gasteiger partial charge in [-0.2, -0.15) is 0 Å². The van der Waals surface area contributed by atoms with Crippen molar-refractivity contribution in [2.45, 2.75) is 6.92 Å². The number of nitrogens with one attached hydrogen (secondary N) is 1. The van der Waals surface area contributed by atoms with E-state index in [2.05, 4.69) is 15.3 Å². The maximum atomic E-state index is 12.2. The predicted octanol–water partition coefficient (Wildman–Crippen LogP) is 3.38. The maximum absolute atomic E-state index is 12.2. The minimum atomic E-state index is -0.180. The molecular formula is C18H17N3O3S. The number of nitrogens with zero attached hydrogens (tertiary/aromatic N) is 2. The quantitative estimate of drug-likeness (QED) is 0.833. The first-order valence-electron chi connectivity index (χ1n) is 7.70. The van der Waals surface area contributed by atoms with Crippen LogP contribution in [0.3, 0.4) is 0 Å². The van der Waals surface area contributed by atoms with E-state index in [1.165, 1.54) is 11.8 Å². The van der Waals surface area contributed by atoms with E-state index < -0.39 is 0 Å². The molecule has 25 heavy (non-hydrogen) atoms. The zero-order valence-electron chi connectivity index (χ0n) is 13.9. The van der Waals surface area contributed by atoms with Crippen molar-refractivity contribution in [2.75, 3.05) is 13.7 Å². The van der Waals surface area contributed by atoms with Crippen LogP contribution in [-0.2, 0) is 4.79 Å². The summed E-state index contributed by atoms with van der Waals surface area (Å²) in [5.74, 6) is 1.12. The molecule has 2 aromatic rings. The summed E-state index contributed by atoms with van der Waals surface area (Å²) < 4.78 is 10.8. The Labute approximate surface area is 150 Å². The van der Waals surface area contributed by atoms with Crippen LogP contribution < -0.4 is 14.8 Å². The smallest absolute Gasteiger partial charge is 0.264 e. The minimum Gasteiger partial charge on any atom is -0.493 e. The molecular weight excluding hydrogens is 338 g/mol. The molecule has 6 nitrogen and oxygen atoms in total. The second-order valence-corrected chi connectivity index (χ2v) is 6.07. The second kappa shape index (κ2) is 7.85. The highest BCUT2D eigenvalue weighted by molar-refractivity contribution is 8.18. The van der Waals surface area contributed by atoms with Crippen LogP contribution in [0.15, 0.2) is 52.6 Å². The molecule has 1 fully saturated rings. The van der Waals surface area contributed by atoms with Gasteiger partial charge in [0.05, 0.1) is 30.5 Å². The van der Waals surface area contributed by atoms with Gasteiger partial charge in [0.25, 0.3) is 5.91 Å². The van der Waals surface area contributed by atoms with Gasteiger partial charge >= 0.3 is 0 Å². The molecule has 7 heteroatoms. The lowest BCUT2D eigenvalue weighted by atomic mass is 10.2. The van der Waals surface area contributed by atoms with Gasteiger partial charge in [-0.25, -0.2) is 4.99 Å². The highest BCUT2D eigenvalue weighted by atomic mass is 32.2. The highest BCUT2D eigenvalue weighted by Gasteiger charge is 2.24. The van der Waals surface area contributed by atoms with Crippen LogP contribution in [-0.4, -0.2) is 29.8 Å². The van der Waals surface area contributed by atoms with Crippen LogP contribution in [0, 0.1) is 0 Å². The Bertz CT molecular complexity index is 835. The fourth-order valence-corrected chi connectivity index (χ4v) is 3.06. The summed E-state index contributed by atoms with van der Waals surface area (Å²) >= 11 is 1.29. The fraction of sp³-hybridized carbons (Fsp3) is 0.167. The molecule has 128 valence electrons. The van der Waals surface area contributed by atoms with Crippen molar-refractivity contribution in [2.24, 2.45) is 4.99 Å². The number of aromatic nitrogens is 1. The van der Waals surface area contributed by atoms with Crippen molar-refractivity contribution in [3.05, 3.63) is 53.2 Å². The number of carbonyl (C=O) groups excluding carboxylic acids is 1. The number of carbonyl (C=O) groups is 1. The number of hydrogen-bond donors (Lipinski definition) is 1. The average Bonchev–Trinajstić information content (AvgIpc) is 2.96. The normalized spacial score (nSPS) is 17.0. The summed E-state index contributed by atoms with van der Waals surface area (Å²) in [5.41, 5.74) is 1.54. The van der Waals surface area contributed by atoms with Crippen LogP contribution in [0.4, 0.5) is 5.69 Å². The number of rotatable bonds is 5. The molecule has 0 unspecified atom stereocenters. The van der Waals surface area contributed by atoms with Crippen LogP contribution in [0.1, 0.15) is 12.5 Å². The zero-order chi connectivity index (χ0) is 17.6. The summed E-state index contributed by atoms with van der Waals surface area (Å²) in [7, 11) is 1.59. The van der Waals surface area contributed by atoms with Crippen molar-refractivity contribution in [1.29, 1.82) is 0 Å². The predicted molar refractivity (Wildman–Crippen MR) is 99.2 cm³/mol. The minimum absolute atomic E-state index is 0.180. The molecule has 1 amide bonds. The van der Waals surface area contributed by atoms with Gasteiger partial charge in [0, 0.05) is 6.20 Å². The molecule has 1 saturated heterocycles. The topological polar surface area (TPSA) is 72.8 Å². The molecule has 0 aliphatic carbocycles. The van der Waals surface area contributed by atoms with Crippen LogP contribution in [0.2, 0.25) is 0 Å². The van der Waals surface area contributed by atoms with Crippen LogP contribution in [0.25, 0.3) is 6.08 Å². The molecule has 2 heterocycles. The molecule has 1 aliphatic rings. The van der Waals surface area contributed by atoms with Crippen molar-refractivity contribution < 1.29 is 14.3 Å².